The van der Waals surface area contributed by atoms with Gasteiger partial charge in [-0.15, -0.1) is 16.4 Å². The molecule has 1 amide bonds. The molecule has 0 aromatic carbocycles. The lowest BCUT2D eigenvalue weighted by molar-refractivity contribution is -0.116. The largest absolute Gasteiger partial charge is 0.381 e. The molecule has 2 aromatic rings. The van der Waals surface area contributed by atoms with Gasteiger partial charge in [-0.05, 0) is 6.42 Å². The third-order valence-corrected chi connectivity index (χ3v) is 3.84. The van der Waals surface area contributed by atoms with Crippen LogP contribution in [0.4, 0.5) is 5.13 Å². The highest BCUT2D eigenvalue weighted by Gasteiger charge is 2.20. The summed E-state index contributed by atoms with van der Waals surface area (Å²) in [5.74, 6) is 0.272. The molecule has 0 aliphatic carbocycles. The van der Waals surface area contributed by atoms with Gasteiger partial charge in [-0.25, -0.2) is 4.98 Å². The number of aryl methyl sites for hydroxylation is 1. The molecule has 2 aromatic heterocycles. The summed E-state index contributed by atoms with van der Waals surface area (Å²) in [6.07, 6.45) is 4.90. The number of carbonyl (C=O) groups excluding carboxylic acids is 1. The van der Waals surface area contributed by atoms with Gasteiger partial charge in [-0.1, -0.05) is 5.21 Å². The van der Waals surface area contributed by atoms with Crippen molar-refractivity contribution in [3.05, 3.63) is 23.5 Å². The molecule has 8 heteroatoms. The van der Waals surface area contributed by atoms with Crippen molar-refractivity contribution in [1.82, 2.24) is 20.0 Å². The molecule has 7 nitrogen and oxygen atoms in total. The fourth-order valence-corrected chi connectivity index (χ4v) is 2.61. The number of nitrogens with zero attached hydrogens (tertiary/aromatic N) is 4. The Bertz CT molecular complexity index is 562. The van der Waals surface area contributed by atoms with Crippen LogP contribution in [0.5, 0.6) is 0 Å². The van der Waals surface area contributed by atoms with Gasteiger partial charge in [0.15, 0.2) is 5.13 Å². The molecule has 20 heavy (non-hydrogen) atoms. The number of thiazole rings is 1. The molecule has 0 spiro atoms. The van der Waals surface area contributed by atoms with Crippen LogP contribution in [0.2, 0.25) is 0 Å². The number of aromatic nitrogens is 4. The average molecular weight is 293 g/mol. The number of anilines is 1. The molecule has 0 radical (unpaired) electrons. The zero-order valence-electron chi connectivity index (χ0n) is 10.9. The Hall–Kier alpha value is -1.80. The second kappa shape index (κ2) is 6.10. The molecular formula is C12H15N5O2S. The van der Waals surface area contributed by atoms with Gasteiger partial charge in [-0.2, -0.15) is 0 Å². The van der Waals surface area contributed by atoms with Crippen molar-refractivity contribution >= 4 is 22.4 Å². The molecule has 3 rings (SSSR count). The van der Waals surface area contributed by atoms with Crippen LogP contribution in [-0.2, 0) is 16.1 Å². The molecule has 0 bridgehead atoms. The molecule has 3 heterocycles. The molecule has 1 aliphatic heterocycles. The van der Waals surface area contributed by atoms with E-state index in [4.69, 9.17) is 4.74 Å². The fourth-order valence-electron chi connectivity index (χ4n) is 2.06. The lowest BCUT2D eigenvalue weighted by atomic mass is 10.1. The lowest BCUT2D eigenvalue weighted by Crippen LogP contribution is -2.14. The number of rotatable bonds is 5. The molecule has 0 unspecified atom stereocenters. The predicted octanol–water partition coefficient (Wildman–Crippen LogP) is 1.27. The zero-order valence-corrected chi connectivity index (χ0v) is 11.7. The first-order chi connectivity index (χ1) is 9.81. The predicted molar refractivity (Wildman–Crippen MR) is 73.6 cm³/mol. The molecule has 1 atom stereocenters. The first kappa shape index (κ1) is 13.2. The summed E-state index contributed by atoms with van der Waals surface area (Å²) in [7, 11) is 0. The Balaban J connectivity index is 1.49. The van der Waals surface area contributed by atoms with Gasteiger partial charge >= 0.3 is 0 Å². The maximum atomic E-state index is 11.7. The van der Waals surface area contributed by atoms with Crippen molar-refractivity contribution in [3.63, 3.8) is 0 Å². The quantitative estimate of drug-likeness (QED) is 0.897. The van der Waals surface area contributed by atoms with E-state index in [1.165, 1.54) is 11.3 Å². The average Bonchev–Trinajstić information content (AvgIpc) is 3.18. The first-order valence-electron chi connectivity index (χ1n) is 6.48. The summed E-state index contributed by atoms with van der Waals surface area (Å²) in [5.41, 5.74) is 0.947. The minimum absolute atomic E-state index is 0.0683. The summed E-state index contributed by atoms with van der Waals surface area (Å²) in [4.78, 5) is 15.7. The van der Waals surface area contributed by atoms with E-state index in [2.05, 4.69) is 20.6 Å². The maximum absolute atomic E-state index is 11.7. The monoisotopic (exact) mass is 293 g/mol. The molecule has 106 valence electrons. The van der Waals surface area contributed by atoms with Crippen LogP contribution in [-0.4, -0.2) is 39.1 Å². The third-order valence-electron chi connectivity index (χ3n) is 3.15. The highest BCUT2D eigenvalue weighted by atomic mass is 32.1. The summed E-state index contributed by atoms with van der Waals surface area (Å²) in [6.45, 7) is 2.01. The SMILES string of the molecule is O=C(CCn1cc([C@H]2CCOC2)nn1)Nc1nccs1. The molecule has 0 saturated carbocycles. The van der Waals surface area contributed by atoms with Gasteiger partial charge in [0.05, 0.1) is 18.8 Å². The van der Waals surface area contributed by atoms with Crippen LogP contribution < -0.4 is 5.32 Å². The molecular weight excluding hydrogens is 278 g/mol. The Morgan fingerprint density at radius 3 is 3.30 bits per heavy atom. The molecule has 1 N–H and O–H groups in total. The number of hydrogen-bond acceptors (Lipinski definition) is 6. The van der Waals surface area contributed by atoms with Crippen LogP contribution in [0.3, 0.4) is 0 Å². The summed E-state index contributed by atoms with van der Waals surface area (Å²) < 4.78 is 7.03. The first-order valence-corrected chi connectivity index (χ1v) is 7.36. The van der Waals surface area contributed by atoms with Crippen molar-refractivity contribution in [1.29, 1.82) is 0 Å². The zero-order chi connectivity index (χ0) is 13.8. The highest BCUT2D eigenvalue weighted by molar-refractivity contribution is 7.13. The van der Waals surface area contributed by atoms with E-state index in [1.807, 2.05) is 11.6 Å². The number of nitrogens with one attached hydrogen (secondary N) is 1. The van der Waals surface area contributed by atoms with Gasteiger partial charge in [-0.3, -0.25) is 9.48 Å². The van der Waals surface area contributed by atoms with Crippen molar-refractivity contribution in [2.75, 3.05) is 18.5 Å². The van der Waals surface area contributed by atoms with Crippen LogP contribution in [0.1, 0.15) is 24.5 Å². The van der Waals surface area contributed by atoms with E-state index < -0.39 is 0 Å². The second-order valence-electron chi connectivity index (χ2n) is 4.60. The van der Waals surface area contributed by atoms with Crippen molar-refractivity contribution in [2.24, 2.45) is 0 Å². The van der Waals surface area contributed by atoms with Crippen molar-refractivity contribution in [3.8, 4) is 0 Å². The van der Waals surface area contributed by atoms with Gasteiger partial charge in [0.2, 0.25) is 5.91 Å². The molecule has 1 fully saturated rings. The Labute approximate surface area is 120 Å². The summed E-state index contributed by atoms with van der Waals surface area (Å²) in [6, 6.07) is 0. The normalized spacial score (nSPS) is 18.3. The highest BCUT2D eigenvalue weighted by Crippen LogP contribution is 2.22. The number of ether oxygens (including phenoxy) is 1. The van der Waals surface area contributed by atoms with E-state index in [1.54, 1.807) is 10.9 Å². The Morgan fingerprint density at radius 1 is 1.60 bits per heavy atom. The number of hydrogen-bond donors (Lipinski definition) is 1. The Morgan fingerprint density at radius 2 is 2.55 bits per heavy atom. The van der Waals surface area contributed by atoms with Gasteiger partial charge in [0.25, 0.3) is 0 Å². The molecule has 1 aliphatic rings. The third kappa shape index (κ3) is 3.20. The molecule has 1 saturated heterocycles. The van der Waals surface area contributed by atoms with Crippen LogP contribution in [0.15, 0.2) is 17.8 Å². The smallest absolute Gasteiger partial charge is 0.228 e. The van der Waals surface area contributed by atoms with E-state index in [0.29, 0.717) is 30.6 Å². The van der Waals surface area contributed by atoms with Crippen LogP contribution in [0.25, 0.3) is 0 Å². The number of carbonyl (C=O) groups is 1. The number of amides is 1. The van der Waals surface area contributed by atoms with Crippen molar-refractivity contribution in [2.45, 2.75) is 25.3 Å². The van der Waals surface area contributed by atoms with Crippen molar-refractivity contribution < 1.29 is 9.53 Å². The minimum atomic E-state index is -0.0683. The van der Waals surface area contributed by atoms with E-state index in [-0.39, 0.29) is 5.91 Å². The van der Waals surface area contributed by atoms with E-state index in [0.717, 1.165) is 18.7 Å². The maximum Gasteiger partial charge on any atom is 0.228 e. The van der Waals surface area contributed by atoms with E-state index in [9.17, 15) is 4.79 Å². The topological polar surface area (TPSA) is 81.9 Å². The second-order valence-corrected chi connectivity index (χ2v) is 5.50. The van der Waals surface area contributed by atoms with Gasteiger partial charge in [0, 0.05) is 36.7 Å². The fraction of sp³-hybridized carbons (Fsp3) is 0.500. The minimum Gasteiger partial charge on any atom is -0.381 e. The lowest BCUT2D eigenvalue weighted by Gasteiger charge is -2.02. The Kier molecular flexibility index (Phi) is 4.03. The summed E-state index contributed by atoms with van der Waals surface area (Å²) >= 11 is 1.40. The summed E-state index contributed by atoms with van der Waals surface area (Å²) in [5, 5.41) is 13.4. The van der Waals surface area contributed by atoms with Gasteiger partial charge in [0.1, 0.15) is 0 Å². The van der Waals surface area contributed by atoms with E-state index >= 15 is 0 Å². The van der Waals surface area contributed by atoms with Crippen LogP contribution in [0, 0.1) is 0 Å². The standard InChI is InChI=1S/C12H15N5O2S/c18-11(14-12-13-3-6-20-12)1-4-17-7-10(15-16-17)9-2-5-19-8-9/h3,6-7,9H,1-2,4-5,8H2,(H,13,14,18)/t9-/m0/s1. The van der Waals surface area contributed by atoms with Gasteiger partial charge < -0.3 is 10.1 Å². The van der Waals surface area contributed by atoms with Crippen LogP contribution >= 0.6 is 11.3 Å².